The Hall–Kier alpha value is -2.26. The Morgan fingerprint density at radius 3 is 2.53 bits per heavy atom. The molecule has 1 aromatic rings. The maximum Gasteiger partial charge on any atom is 0.453 e. The van der Waals surface area contributed by atoms with Crippen LogP contribution in [0.25, 0.3) is 0 Å². The molecule has 0 atom stereocenters. The second kappa shape index (κ2) is 3.48. The van der Waals surface area contributed by atoms with E-state index in [-0.39, 0.29) is 11.6 Å². The first-order valence-corrected chi connectivity index (χ1v) is 4.43. The molecule has 0 unspecified atom stereocenters. The van der Waals surface area contributed by atoms with Crippen LogP contribution in [0.1, 0.15) is 6.92 Å². The van der Waals surface area contributed by atoms with Gasteiger partial charge < -0.3 is 0 Å². The third-order valence-corrected chi connectivity index (χ3v) is 2.10. The first kappa shape index (κ1) is 9.30. The molecule has 15 heavy (non-hydrogen) atoms. The van der Waals surface area contributed by atoms with Crippen molar-refractivity contribution in [3.63, 3.8) is 0 Å². The molecule has 1 aliphatic heterocycles. The van der Waals surface area contributed by atoms with Gasteiger partial charge in [-0.25, -0.2) is 0 Å². The highest BCUT2D eigenvalue weighted by Crippen LogP contribution is 2.17. The van der Waals surface area contributed by atoms with E-state index in [0.29, 0.717) is 11.4 Å². The van der Waals surface area contributed by atoms with Crippen LogP contribution in [0.15, 0.2) is 35.4 Å². The fraction of sp³-hybridized carbons (Fsp3) is 0.100. The standard InChI is InChI=1S/C10H9N4O/c1-7-9(12-11)10(15)14(13-7)8-5-3-2-4-6-8/h2-6,11H,1H3/q+1. The molecule has 0 bridgehead atoms. The van der Waals surface area contributed by atoms with E-state index in [1.54, 1.807) is 19.1 Å². The summed E-state index contributed by atoms with van der Waals surface area (Å²) >= 11 is 0. The van der Waals surface area contributed by atoms with Gasteiger partial charge in [0, 0.05) is 0 Å². The van der Waals surface area contributed by atoms with E-state index in [0.717, 1.165) is 0 Å². The van der Waals surface area contributed by atoms with Crippen LogP contribution in [-0.4, -0.2) is 22.1 Å². The monoisotopic (exact) mass is 201 g/mol. The Kier molecular flexibility index (Phi) is 2.15. The van der Waals surface area contributed by atoms with Crippen molar-refractivity contribution in [1.29, 1.82) is 5.53 Å². The third kappa shape index (κ3) is 1.45. The summed E-state index contributed by atoms with van der Waals surface area (Å²) in [5, 5.41) is 5.29. The van der Waals surface area contributed by atoms with Gasteiger partial charge in [0.25, 0.3) is 0 Å². The van der Waals surface area contributed by atoms with Gasteiger partial charge in [0.05, 0.1) is 16.0 Å². The molecule has 0 saturated heterocycles. The van der Waals surface area contributed by atoms with Gasteiger partial charge in [-0.05, 0) is 19.1 Å². The number of rotatable bonds is 1. The van der Waals surface area contributed by atoms with Crippen molar-refractivity contribution in [2.45, 2.75) is 6.92 Å². The molecule has 1 N–H and O–H groups in total. The summed E-state index contributed by atoms with van der Waals surface area (Å²) < 4.78 is 0. The van der Waals surface area contributed by atoms with Crippen LogP contribution >= 0.6 is 0 Å². The number of para-hydroxylation sites is 1. The molecule has 0 fully saturated rings. The van der Waals surface area contributed by atoms with Crippen LogP contribution in [0.4, 0.5) is 5.69 Å². The minimum atomic E-state index is -0.353. The fourth-order valence-electron chi connectivity index (χ4n) is 1.37. The van der Waals surface area contributed by atoms with Crippen LogP contribution < -0.4 is 5.01 Å². The molecule has 0 aromatic heterocycles. The Bertz CT molecular complexity index is 485. The zero-order chi connectivity index (χ0) is 10.8. The number of amides is 1. The van der Waals surface area contributed by atoms with Gasteiger partial charge in [0.1, 0.15) is 0 Å². The molecule has 74 valence electrons. The second-order valence-corrected chi connectivity index (χ2v) is 3.10. The molecule has 1 aromatic carbocycles. The van der Waals surface area contributed by atoms with Gasteiger partial charge in [0.2, 0.25) is 0 Å². The van der Waals surface area contributed by atoms with Crippen molar-refractivity contribution in [2.24, 2.45) is 5.10 Å². The van der Waals surface area contributed by atoms with Gasteiger partial charge in [0.15, 0.2) is 5.71 Å². The summed E-state index contributed by atoms with van der Waals surface area (Å²) in [6.45, 7) is 1.66. The van der Waals surface area contributed by atoms with E-state index in [2.05, 4.69) is 9.89 Å². The molecule has 1 aliphatic rings. The maximum absolute atomic E-state index is 11.7. The van der Waals surface area contributed by atoms with Crippen LogP contribution in [0.2, 0.25) is 0 Å². The summed E-state index contributed by atoms with van der Waals surface area (Å²) in [4.78, 5) is 14.9. The Morgan fingerprint density at radius 1 is 1.33 bits per heavy atom. The minimum Gasteiger partial charge on any atom is -0.258 e. The Labute approximate surface area is 86.3 Å². The van der Waals surface area contributed by atoms with Crippen molar-refractivity contribution in [2.75, 3.05) is 5.01 Å². The predicted octanol–water partition coefficient (Wildman–Crippen LogP) is 1.09. The van der Waals surface area contributed by atoms with Crippen molar-refractivity contribution in [3.8, 4) is 0 Å². The van der Waals surface area contributed by atoms with Gasteiger partial charge in [-0.15, -0.1) is 0 Å². The smallest absolute Gasteiger partial charge is 0.258 e. The number of benzene rings is 1. The van der Waals surface area contributed by atoms with E-state index in [1.165, 1.54) is 5.01 Å². The highest BCUT2D eigenvalue weighted by Gasteiger charge is 2.39. The molecular weight excluding hydrogens is 192 g/mol. The quantitative estimate of drug-likeness (QED) is 0.536. The van der Waals surface area contributed by atoms with E-state index >= 15 is 0 Å². The maximum atomic E-state index is 11.7. The Morgan fingerprint density at radius 2 is 2.00 bits per heavy atom. The summed E-state index contributed by atoms with van der Waals surface area (Å²) in [6, 6.07) is 9.07. The molecule has 1 heterocycles. The number of carbonyl (C=O) groups is 1. The number of nitrogens with one attached hydrogen (secondary N) is 1. The van der Waals surface area contributed by atoms with Gasteiger partial charge in [-0.1, -0.05) is 18.2 Å². The van der Waals surface area contributed by atoms with Crippen molar-refractivity contribution < 1.29 is 9.58 Å². The molecule has 1 amide bonds. The van der Waals surface area contributed by atoms with Crippen LogP contribution in [0, 0.1) is 5.53 Å². The zero-order valence-corrected chi connectivity index (χ0v) is 8.14. The third-order valence-electron chi connectivity index (χ3n) is 2.10. The average molecular weight is 201 g/mol. The SMILES string of the molecule is CC1=NN(c2ccccc2)C(=O)C1=[N+]=N. The number of nitrogens with zero attached hydrogens (tertiary/aromatic N) is 3. The van der Waals surface area contributed by atoms with Gasteiger partial charge >= 0.3 is 11.6 Å². The summed E-state index contributed by atoms with van der Waals surface area (Å²) in [6.07, 6.45) is 0. The lowest BCUT2D eigenvalue weighted by Crippen LogP contribution is -2.27. The highest BCUT2D eigenvalue weighted by atomic mass is 16.2. The Balaban J connectivity index is 2.44. The molecular formula is C10H9N4O+. The normalized spacial score (nSPS) is 15.3. The molecule has 0 saturated carbocycles. The van der Waals surface area contributed by atoms with Crippen molar-refractivity contribution in [1.82, 2.24) is 0 Å². The van der Waals surface area contributed by atoms with E-state index < -0.39 is 0 Å². The second-order valence-electron chi connectivity index (χ2n) is 3.10. The van der Waals surface area contributed by atoms with Crippen molar-refractivity contribution >= 4 is 23.0 Å². The highest BCUT2D eigenvalue weighted by molar-refractivity contribution is 6.69. The lowest BCUT2D eigenvalue weighted by Gasteiger charge is -2.08. The first-order chi connectivity index (χ1) is 7.24. The predicted molar refractivity (Wildman–Crippen MR) is 55.0 cm³/mol. The van der Waals surface area contributed by atoms with Crippen LogP contribution in [0.5, 0.6) is 0 Å². The number of anilines is 1. The molecule has 0 aliphatic carbocycles. The lowest BCUT2D eigenvalue weighted by molar-refractivity contribution is -0.133. The lowest BCUT2D eigenvalue weighted by atomic mass is 10.2. The largest absolute Gasteiger partial charge is 0.453 e. The van der Waals surface area contributed by atoms with E-state index in [1.807, 2.05) is 18.2 Å². The molecule has 0 radical (unpaired) electrons. The van der Waals surface area contributed by atoms with E-state index in [9.17, 15) is 4.79 Å². The zero-order valence-electron chi connectivity index (χ0n) is 8.14. The molecule has 5 nitrogen and oxygen atoms in total. The number of carbonyl (C=O) groups excluding carboxylic acids is 1. The summed E-state index contributed by atoms with van der Waals surface area (Å²) in [5.41, 5.74) is 8.12. The number of hydrogen-bond acceptors (Lipinski definition) is 3. The minimum absolute atomic E-state index is 0.0962. The summed E-state index contributed by atoms with van der Waals surface area (Å²) in [7, 11) is 0. The molecule has 5 heteroatoms. The fourth-order valence-corrected chi connectivity index (χ4v) is 1.37. The van der Waals surface area contributed by atoms with Crippen LogP contribution in [0.3, 0.4) is 0 Å². The van der Waals surface area contributed by atoms with Gasteiger partial charge in [-0.3, -0.25) is 4.79 Å². The van der Waals surface area contributed by atoms with E-state index in [4.69, 9.17) is 5.53 Å². The topological polar surface area (TPSA) is 70.6 Å². The van der Waals surface area contributed by atoms with Crippen LogP contribution in [-0.2, 0) is 4.79 Å². The van der Waals surface area contributed by atoms with Gasteiger partial charge in [-0.2, -0.15) is 10.1 Å². The number of hydrogen-bond donors (Lipinski definition) is 1. The number of hydrazone groups is 1. The van der Waals surface area contributed by atoms with Crippen molar-refractivity contribution in [3.05, 3.63) is 30.3 Å². The summed E-state index contributed by atoms with van der Waals surface area (Å²) in [5.74, 6) is -0.353. The average Bonchev–Trinajstić information content (AvgIpc) is 2.55. The first-order valence-electron chi connectivity index (χ1n) is 4.43. The molecule has 2 rings (SSSR count). The molecule has 0 spiro atoms.